The summed E-state index contributed by atoms with van der Waals surface area (Å²) in [6, 6.07) is 7.57. The van der Waals surface area contributed by atoms with E-state index in [9.17, 15) is 4.79 Å². The number of hydrogen-bond donors (Lipinski definition) is 1. The van der Waals surface area contributed by atoms with Gasteiger partial charge in [-0.15, -0.1) is 10.2 Å². The van der Waals surface area contributed by atoms with Gasteiger partial charge in [0.1, 0.15) is 0 Å². The topological polar surface area (TPSA) is 54.9 Å². The fourth-order valence-electron chi connectivity index (χ4n) is 1.40. The third kappa shape index (κ3) is 3.08. The molecule has 0 bridgehead atoms. The lowest BCUT2D eigenvalue weighted by atomic mass is 10.1. The average molecular weight is 279 g/mol. The van der Waals surface area contributed by atoms with E-state index in [1.807, 2.05) is 30.5 Å². The number of carbonyl (C=O) groups is 1. The minimum atomic E-state index is -0.151. The summed E-state index contributed by atoms with van der Waals surface area (Å²) in [5.41, 5.74) is 1.85. The van der Waals surface area contributed by atoms with Gasteiger partial charge in [0, 0.05) is 5.56 Å². The van der Waals surface area contributed by atoms with Gasteiger partial charge in [-0.1, -0.05) is 42.2 Å². The van der Waals surface area contributed by atoms with Gasteiger partial charge in [-0.2, -0.15) is 0 Å². The highest BCUT2D eigenvalue weighted by atomic mass is 32.2. The van der Waals surface area contributed by atoms with Crippen molar-refractivity contribution >= 4 is 34.1 Å². The third-order valence-electron chi connectivity index (χ3n) is 2.43. The smallest absolute Gasteiger partial charge is 0.257 e. The van der Waals surface area contributed by atoms with Gasteiger partial charge in [0.25, 0.3) is 5.91 Å². The Labute approximate surface area is 114 Å². The van der Waals surface area contributed by atoms with Crippen LogP contribution in [0, 0.1) is 0 Å². The van der Waals surface area contributed by atoms with Crippen LogP contribution in [-0.4, -0.2) is 22.4 Å². The second-order valence-corrected chi connectivity index (χ2v) is 5.61. The molecule has 0 aliphatic heterocycles. The van der Waals surface area contributed by atoms with Crippen molar-refractivity contribution in [3.8, 4) is 0 Å². The van der Waals surface area contributed by atoms with Crippen LogP contribution in [0.2, 0.25) is 0 Å². The second kappa shape index (κ2) is 5.97. The molecule has 0 aliphatic carbocycles. The molecule has 2 rings (SSSR count). The Kier molecular flexibility index (Phi) is 4.33. The molecule has 94 valence electrons. The highest BCUT2D eigenvalue weighted by Crippen LogP contribution is 2.23. The number of benzene rings is 1. The van der Waals surface area contributed by atoms with Crippen LogP contribution in [0.25, 0.3) is 0 Å². The number of rotatable bonds is 4. The zero-order valence-electron chi connectivity index (χ0n) is 10.1. The highest BCUT2D eigenvalue weighted by molar-refractivity contribution is 8.00. The first kappa shape index (κ1) is 13.0. The number of nitrogens with zero attached hydrogens (tertiary/aromatic N) is 2. The lowest BCUT2D eigenvalue weighted by Gasteiger charge is -2.02. The summed E-state index contributed by atoms with van der Waals surface area (Å²) in [7, 11) is 0. The fraction of sp³-hybridized carbons (Fsp3) is 0.250. The van der Waals surface area contributed by atoms with Crippen molar-refractivity contribution in [2.24, 2.45) is 0 Å². The standard InChI is InChI=1S/C12H13N3OS2/c1-3-8-4-6-9(7-5-8)10(16)13-11-14-15-12(17-2)18-11/h4-7H,3H2,1-2H3,(H,13,14,16). The minimum absolute atomic E-state index is 0.151. The van der Waals surface area contributed by atoms with Crippen LogP contribution < -0.4 is 5.32 Å². The van der Waals surface area contributed by atoms with Gasteiger partial charge in [-0.25, -0.2) is 0 Å². The fourth-order valence-corrected chi connectivity index (χ4v) is 2.57. The SMILES string of the molecule is CCc1ccc(C(=O)Nc2nnc(SC)s2)cc1. The predicted octanol–water partition coefficient (Wildman–Crippen LogP) is 3.07. The summed E-state index contributed by atoms with van der Waals surface area (Å²) in [5, 5.41) is 11.1. The summed E-state index contributed by atoms with van der Waals surface area (Å²) >= 11 is 2.88. The van der Waals surface area contributed by atoms with Crippen molar-refractivity contribution in [2.45, 2.75) is 17.7 Å². The van der Waals surface area contributed by atoms with E-state index in [-0.39, 0.29) is 5.91 Å². The Morgan fingerprint density at radius 1 is 1.33 bits per heavy atom. The summed E-state index contributed by atoms with van der Waals surface area (Å²) in [5.74, 6) is -0.151. The molecule has 18 heavy (non-hydrogen) atoms. The Morgan fingerprint density at radius 3 is 2.61 bits per heavy atom. The molecule has 1 aromatic heterocycles. The Hall–Kier alpha value is -1.40. The van der Waals surface area contributed by atoms with E-state index in [2.05, 4.69) is 22.4 Å². The van der Waals surface area contributed by atoms with Gasteiger partial charge >= 0.3 is 0 Å². The molecule has 6 heteroatoms. The number of carbonyl (C=O) groups excluding carboxylic acids is 1. The Balaban J connectivity index is 2.06. The number of anilines is 1. The van der Waals surface area contributed by atoms with Crippen LogP contribution in [0.5, 0.6) is 0 Å². The first-order valence-electron chi connectivity index (χ1n) is 5.50. The molecule has 1 aromatic carbocycles. The van der Waals surface area contributed by atoms with E-state index in [1.165, 1.54) is 28.7 Å². The molecule has 0 fully saturated rings. The maximum absolute atomic E-state index is 11.9. The molecule has 0 saturated heterocycles. The normalized spacial score (nSPS) is 10.3. The predicted molar refractivity (Wildman–Crippen MR) is 75.5 cm³/mol. The Bertz CT molecular complexity index is 537. The molecule has 1 N–H and O–H groups in total. The average Bonchev–Trinajstić information content (AvgIpc) is 2.86. The van der Waals surface area contributed by atoms with Gasteiger partial charge in [0.15, 0.2) is 4.34 Å². The van der Waals surface area contributed by atoms with Gasteiger partial charge in [0.05, 0.1) is 0 Å². The Morgan fingerprint density at radius 2 is 2.06 bits per heavy atom. The maximum Gasteiger partial charge on any atom is 0.257 e. The molecule has 2 aromatic rings. The second-order valence-electron chi connectivity index (χ2n) is 3.58. The molecular formula is C12H13N3OS2. The van der Waals surface area contributed by atoms with Crippen LogP contribution in [0.1, 0.15) is 22.8 Å². The monoisotopic (exact) mass is 279 g/mol. The van der Waals surface area contributed by atoms with E-state index in [1.54, 1.807) is 0 Å². The van der Waals surface area contributed by atoms with Crippen LogP contribution in [0.3, 0.4) is 0 Å². The number of thioether (sulfide) groups is 1. The highest BCUT2D eigenvalue weighted by Gasteiger charge is 2.09. The molecule has 0 aliphatic rings. The lowest BCUT2D eigenvalue weighted by molar-refractivity contribution is 0.102. The quantitative estimate of drug-likeness (QED) is 0.690. The molecule has 1 heterocycles. The number of aromatic nitrogens is 2. The zero-order valence-corrected chi connectivity index (χ0v) is 11.8. The van der Waals surface area contributed by atoms with E-state index < -0.39 is 0 Å². The minimum Gasteiger partial charge on any atom is -0.296 e. The number of amides is 1. The molecule has 0 atom stereocenters. The molecule has 0 saturated carbocycles. The summed E-state index contributed by atoms with van der Waals surface area (Å²) in [6.07, 6.45) is 2.89. The van der Waals surface area contributed by atoms with Crippen molar-refractivity contribution in [1.82, 2.24) is 10.2 Å². The van der Waals surface area contributed by atoms with E-state index in [0.717, 1.165) is 10.8 Å². The van der Waals surface area contributed by atoms with Crippen LogP contribution >= 0.6 is 23.1 Å². The van der Waals surface area contributed by atoms with Crippen molar-refractivity contribution in [3.05, 3.63) is 35.4 Å². The van der Waals surface area contributed by atoms with Crippen molar-refractivity contribution in [2.75, 3.05) is 11.6 Å². The summed E-state index contributed by atoms with van der Waals surface area (Å²) in [4.78, 5) is 11.9. The third-order valence-corrected chi connectivity index (χ3v) is 4.24. The molecule has 0 unspecified atom stereocenters. The zero-order chi connectivity index (χ0) is 13.0. The maximum atomic E-state index is 11.9. The molecule has 0 spiro atoms. The lowest BCUT2D eigenvalue weighted by Crippen LogP contribution is -2.11. The molecular weight excluding hydrogens is 266 g/mol. The van der Waals surface area contributed by atoms with Gasteiger partial charge < -0.3 is 0 Å². The number of nitrogens with one attached hydrogen (secondary N) is 1. The summed E-state index contributed by atoms with van der Waals surface area (Å²) < 4.78 is 0.839. The van der Waals surface area contributed by atoms with Gasteiger partial charge in [0.2, 0.25) is 5.13 Å². The first-order valence-corrected chi connectivity index (χ1v) is 7.55. The van der Waals surface area contributed by atoms with Crippen molar-refractivity contribution in [3.63, 3.8) is 0 Å². The van der Waals surface area contributed by atoms with Crippen molar-refractivity contribution in [1.29, 1.82) is 0 Å². The first-order chi connectivity index (χ1) is 8.72. The van der Waals surface area contributed by atoms with Crippen LogP contribution in [0.15, 0.2) is 28.6 Å². The summed E-state index contributed by atoms with van der Waals surface area (Å²) in [6.45, 7) is 2.08. The van der Waals surface area contributed by atoms with Gasteiger partial charge in [-0.05, 0) is 30.4 Å². The molecule has 1 amide bonds. The largest absolute Gasteiger partial charge is 0.296 e. The van der Waals surface area contributed by atoms with Crippen LogP contribution in [-0.2, 0) is 6.42 Å². The number of aryl methyl sites for hydroxylation is 1. The van der Waals surface area contributed by atoms with Crippen LogP contribution in [0.4, 0.5) is 5.13 Å². The van der Waals surface area contributed by atoms with Crippen molar-refractivity contribution < 1.29 is 4.79 Å². The molecule has 4 nitrogen and oxygen atoms in total. The molecule has 0 radical (unpaired) electrons. The van der Waals surface area contributed by atoms with E-state index in [4.69, 9.17) is 0 Å². The van der Waals surface area contributed by atoms with E-state index in [0.29, 0.717) is 10.7 Å². The van der Waals surface area contributed by atoms with Gasteiger partial charge in [-0.3, -0.25) is 10.1 Å². The van der Waals surface area contributed by atoms with E-state index >= 15 is 0 Å². The number of hydrogen-bond acceptors (Lipinski definition) is 5.